The van der Waals surface area contributed by atoms with E-state index in [-0.39, 0.29) is 6.42 Å². The molecule has 12 heavy (non-hydrogen) atoms. The van der Waals surface area contributed by atoms with Crippen molar-refractivity contribution in [2.24, 2.45) is 0 Å². The lowest BCUT2D eigenvalue weighted by molar-refractivity contribution is -0.112. The molecule has 1 aromatic heterocycles. The van der Waals surface area contributed by atoms with Gasteiger partial charge in [-0.25, -0.2) is 0 Å². The summed E-state index contributed by atoms with van der Waals surface area (Å²) < 4.78 is 5.70. The van der Waals surface area contributed by atoms with E-state index in [4.69, 9.17) is 4.42 Å². The largest absolute Gasteiger partial charge is 0.465 e. The molecule has 0 aliphatic rings. The minimum Gasteiger partial charge on any atom is -0.465 e. The molecule has 0 aliphatic heterocycles. The molecule has 0 fully saturated rings. The second kappa shape index (κ2) is 3.41. The Labute approximate surface area is 78.5 Å². The van der Waals surface area contributed by atoms with Crippen molar-refractivity contribution in [1.29, 1.82) is 0 Å². The van der Waals surface area contributed by atoms with Crippen molar-refractivity contribution in [3.63, 3.8) is 0 Å². The molecule has 0 saturated carbocycles. The normalized spacial score (nSPS) is 15.6. The van der Waals surface area contributed by atoms with Gasteiger partial charge in [-0.15, -0.1) is 0 Å². The summed E-state index contributed by atoms with van der Waals surface area (Å²) in [6.07, 6.45) is 2.15. The Bertz CT molecular complexity index is 278. The van der Waals surface area contributed by atoms with Gasteiger partial charge in [0.2, 0.25) is 0 Å². The van der Waals surface area contributed by atoms with Crippen molar-refractivity contribution in [2.75, 3.05) is 0 Å². The maximum absolute atomic E-state index is 10.2. The van der Waals surface area contributed by atoms with E-state index in [0.29, 0.717) is 16.5 Å². The van der Waals surface area contributed by atoms with Gasteiger partial charge in [0.15, 0.2) is 0 Å². The van der Waals surface area contributed by atoms with Gasteiger partial charge in [0, 0.05) is 6.42 Å². The molecule has 0 bridgehead atoms. The Balaban J connectivity index is 2.96. The first-order valence-electron chi connectivity index (χ1n) is 3.47. The first kappa shape index (κ1) is 9.48. The van der Waals surface area contributed by atoms with Gasteiger partial charge in [0.25, 0.3) is 0 Å². The highest BCUT2D eigenvalue weighted by Crippen LogP contribution is 2.30. The molecular formula is C8H9BrO3. The molecule has 0 saturated heterocycles. The van der Waals surface area contributed by atoms with Crippen LogP contribution in [0.2, 0.25) is 0 Å². The zero-order chi connectivity index (χ0) is 9.19. The van der Waals surface area contributed by atoms with Gasteiger partial charge in [-0.2, -0.15) is 0 Å². The van der Waals surface area contributed by atoms with Gasteiger partial charge in [-0.3, -0.25) is 0 Å². The molecular weight excluding hydrogens is 224 g/mol. The number of hydrogen-bond acceptors (Lipinski definition) is 3. The minimum atomic E-state index is -1.22. The van der Waals surface area contributed by atoms with Crippen LogP contribution in [-0.2, 0) is 10.4 Å². The highest BCUT2D eigenvalue weighted by molar-refractivity contribution is 9.10. The summed E-state index contributed by atoms with van der Waals surface area (Å²) in [5.74, 6) is 0.384. The molecule has 1 unspecified atom stereocenters. The van der Waals surface area contributed by atoms with Crippen LogP contribution in [0.4, 0.5) is 0 Å². The van der Waals surface area contributed by atoms with Crippen molar-refractivity contribution >= 4 is 22.2 Å². The fraction of sp³-hybridized carbons (Fsp3) is 0.375. The Kier molecular flexibility index (Phi) is 2.69. The summed E-state index contributed by atoms with van der Waals surface area (Å²) >= 11 is 3.20. The fourth-order valence-corrected chi connectivity index (χ4v) is 1.56. The van der Waals surface area contributed by atoms with E-state index in [1.807, 2.05) is 0 Å². The molecule has 1 aromatic rings. The third-order valence-electron chi connectivity index (χ3n) is 1.59. The Morgan fingerprint density at radius 3 is 2.92 bits per heavy atom. The fourth-order valence-electron chi connectivity index (χ4n) is 0.933. The van der Waals surface area contributed by atoms with Crippen LogP contribution >= 0.6 is 15.9 Å². The average molecular weight is 233 g/mol. The number of hydrogen-bond donors (Lipinski definition) is 1. The third kappa shape index (κ3) is 1.76. The van der Waals surface area contributed by atoms with Gasteiger partial charge in [0.05, 0.1) is 10.7 Å². The molecule has 66 valence electrons. The predicted molar refractivity (Wildman–Crippen MR) is 46.7 cm³/mol. The highest BCUT2D eigenvalue weighted by atomic mass is 79.9. The number of furan rings is 1. The molecule has 3 nitrogen and oxygen atoms in total. The molecule has 1 heterocycles. The van der Waals surface area contributed by atoms with Crippen molar-refractivity contribution in [3.05, 3.63) is 22.6 Å². The zero-order valence-electron chi connectivity index (χ0n) is 6.58. The molecule has 4 heteroatoms. The van der Waals surface area contributed by atoms with Crippen LogP contribution < -0.4 is 0 Å². The van der Waals surface area contributed by atoms with Crippen molar-refractivity contribution < 1.29 is 14.3 Å². The summed E-state index contributed by atoms with van der Waals surface area (Å²) in [7, 11) is 0. The van der Waals surface area contributed by atoms with Gasteiger partial charge < -0.3 is 14.3 Å². The van der Waals surface area contributed by atoms with Crippen LogP contribution in [0, 0.1) is 0 Å². The maximum Gasteiger partial charge on any atom is 0.149 e. The molecule has 1 rings (SSSR count). The van der Waals surface area contributed by atoms with E-state index in [1.54, 1.807) is 6.07 Å². The number of aldehydes is 1. The van der Waals surface area contributed by atoms with Crippen molar-refractivity contribution in [2.45, 2.75) is 18.9 Å². The van der Waals surface area contributed by atoms with E-state index in [0.717, 1.165) is 0 Å². The highest BCUT2D eigenvalue weighted by Gasteiger charge is 2.28. The first-order chi connectivity index (χ1) is 5.58. The third-order valence-corrected chi connectivity index (χ3v) is 2.21. The monoisotopic (exact) mass is 232 g/mol. The topological polar surface area (TPSA) is 50.4 Å². The number of carbonyl (C=O) groups is 1. The van der Waals surface area contributed by atoms with E-state index >= 15 is 0 Å². The Hall–Kier alpha value is -0.610. The van der Waals surface area contributed by atoms with E-state index in [2.05, 4.69) is 15.9 Å². The lowest BCUT2D eigenvalue weighted by Crippen LogP contribution is -2.21. The molecule has 0 spiro atoms. The number of rotatable bonds is 3. The molecule has 1 N–H and O–H groups in total. The molecule has 0 radical (unpaired) electrons. The van der Waals surface area contributed by atoms with Crippen LogP contribution in [0.5, 0.6) is 0 Å². The first-order valence-corrected chi connectivity index (χ1v) is 4.26. The summed E-state index contributed by atoms with van der Waals surface area (Å²) in [6.45, 7) is 1.53. The lowest BCUT2D eigenvalue weighted by atomic mass is 10.0. The van der Waals surface area contributed by atoms with Crippen molar-refractivity contribution in [3.8, 4) is 0 Å². The van der Waals surface area contributed by atoms with Gasteiger partial charge >= 0.3 is 0 Å². The van der Waals surface area contributed by atoms with Crippen LogP contribution in [0.25, 0.3) is 0 Å². The smallest absolute Gasteiger partial charge is 0.149 e. The minimum absolute atomic E-state index is 0.0269. The molecule has 0 aromatic carbocycles. The maximum atomic E-state index is 10.2. The summed E-state index contributed by atoms with van der Waals surface area (Å²) in [5.41, 5.74) is -1.22. The summed E-state index contributed by atoms with van der Waals surface area (Å²) in [4.78, 5) is 10.2. The summed E-state index contributed by atoms with van der Waals surface area (Å²) in [6, 6.07) is 1.68. The molecule has 0 aliphatic carbocycles. The van der Waals surface area contributed by atoms with E-state index in [1.165, 1.54) is 13.2 Å². The second-order valence-electron chi connectivity index (χ2n) is 2.74. The molecule has 0 amide bonds. The number of carbonyl (C=O) groups excluding carboxylic acids is 1. The molecule has 1 atom stereocenters. The Morgan fingerprint density at radius 2 is 2.50 bits per heavy atom. The zero-order valence-corrected chi connectivity index (χ0v) is 8.17. The number of halogens is 1. The van der Waals surface area contributed by atoms with Crippen LogP contribution in [0.1, 0.15) is 19.1 Å². The quantitative estimate of drug-likeness (QED) is 0.810. The van der Waals surface area contributed by atoms with E-state index < -0.39 is 5.60 Å². The number of aliphatic hydroxyl groups is 1. The Morgan fingerprint density at radius 1 is 1.83 bits per heavy atom. The van der Waals surface area contributed by atoms with Gasteiger partial charge in [0.1, 0.15) is 17.6 Å². The standard InChI is InChI=1S/C8H9BrO3/c1-8(11,3-4-10)7-6(9)2-5-12-7/h2,4-5,11H,3H2,1H3. The second-order valence-corrected chi connectivity index (χ2v) is 3.60. The van der Waals surface area contributed by atoms with Crippen LogP contribution in [0.3, 0.4) is 0 Å². The SMILES string of the molecule is CC(O)(CC=O)c1occc1Br. The lowest BCUT2D eigenvalue weighted by Gasteiger charge is -2.17. The van der Waals surface area contributed by atoms with Gasteiger partial charge in [-0.05, 0) is 28.9 Å². The predicted octanol–water partition coefficient (Wildman–Crippen LogP) is 1.84. The van der Waals surface area contributed by atoms with Crippen molar-refractivity contribution in [1.82, 2.24) is 0 Å². The van der Waals surface area contributed by atoms with Crippen LogP contribution in [0.15, 0.2) is 21.2 Å². The van der Waals surface area contributed by atoms with E-state index in [9.17, 15) is 9.90 Å². The average Bonchev–Trinajstić information content (AvgIpc) is 2.35. The summed E-state index contributed by atoms with van der Waals surface area (Å²) in [5, 5.41) is 9.70. The van der Waals surface area contributed by atoms with Crippen LogP contribution in [-0.4, -0.2) is 11.4 Å². The van der Waals surface area contributed by atoms with Gasteiger partial charge in [-0.1, -0.05) is 0 Å².